The zero-order valence-corrected chi connectivity index (χ0v) is 16.8. The Morgan fingerprint density at radius 1 is 1.00 bits per heavy atom. The molecule has 0 aromatic heterocycles. The molecule has 0 bridgehead atoms. The van der Waals surface area contributed by atoms with E-state index in [2.05, 4.69) is 13.2 Å². The van der Waals surface area contributed by atoms with Crippen LogP contribution in [0.3, 0.4) is 0 Å². The number of hydrogen-bond donors (Lipinski definition) is 0. The van der Waals surface area contributed by atoms with Gasteiger partial charge in [0, 0.05) is 11.1 Å². The number of carbonyl (C=O) groups is 2. The van der Waals surface area contributed by atoms with Gasteiger partial charge in [-0.25, -0.2) is 9.59 Å². The van der Waals surface area contributed by atoms with Gasteiger partial charge in [-0.1, -0.05) is 56.6 Å². The highest BCUT2D eigenvalue weighted by atomic mass is 35.5. The summed E-state index contributed by atoms with van der Waals surface area (Å²) in [5.74, 6) is -1.04. The van der Waals surface area contributed by atoms with Crippen LogP contribution in [0.4, 0.5) is 0 Å². The van der Waals surface area contributed by atoms with Crippen molar-refractivity contribution in [2.75, 3.05) is 0 Å². The van der Waals surface area contributed by atoms with Gasteiger partial charge in [0.05, 0.1) is 8.80 Å². The molecular weight excluding hydrogens is 356 g/mol. The second-order valence-electron chi connectivity index (χ2n) is 6.14. The normalized spacial score (nSPS) is 14.3. The molecule has 1 aromatic carbocycles. The highest BCUT2D eigenvalue weighted by molar-refractivity contribution is 6.59. The Morgan fingerprint density at radius 2 is 1.48 bits per heavy atom. The number of hydrogen-bond acceptors (Lipinski definition) is 4. The lowest BCUT2D eigenvalue weighted by Crippen LogP contribution is -2.42. The van der Waals surface area contributed by atoms with Crippen molar-refractivity contribution in [1.82, 2.24) is 0 Å². The topological polar surface area (TPSA) is 52.6 Å². The van der Waals surface area contributed by atoms with E-state index in [9.17, 15) is 9.59 Å². The summed E-state index contributed by atoms with van der Waals surface area (Å²) in [6, 6.07) is 9.17. The van der Waals surface area contributed by atoms with E-state index in [0.717, 1.165) is 5.56 Å². The van der Waals surface area contributed by atoms with Crippen LogP contribution in [0, 0.1) is 0 Å². The molecule has 0 saturated carbocycles. The van der Waals surface area contributed by atoms with Crippen LogP contribution in [0.5, 0.6) is 0 Å². The van der Waals surface area contributed by atoms with E-state index in [1.807, 2.05) is 43.4 Å². The largest absolute Gasteiger partial charge is 0.461 e. The summed E-state index contributed by atoms with van der Waals surface area (Å²) in [4.78, 5) is 24.0. The first-order valence-electron chi connectivity index (χ1n) is 7.87. The molecule has 4 nitrogen and oxygen atoms in total. The van der Waals surface area contributed by atoms with Gasteiger partial charge >= 0.3 is 11.9 Å². The van der Waals surface area contributed by atoms with Gasteiger partial charge in [-0.05, 0) is 19.4 Å². The smallest absolute Gasteiger partial charge is 0.333 e. The third-order valence-electron chi connectivity index (χ3n) is 3.44. The molecule has 3 atom stereocenters. The van der Waals surface area contributed by atoms with E-state index in [1.54, 1.807) is 13.8 Å². The molecule has 0 aliphatic carbocycles. The van der Waals surface area contributed by atoms with E-state index in [4.69, 9.17) is 21.1 Å². The van der Waals surface area contributed by atoms with E-state index in [0.29, 0.717) is 5.57 Å². The summed E-state index contributed by atoms with van der Waals surface area (Å²) in [7, 11) is -1.14. The zero-order chi connectivity index (χ0) is 19.1. The van der Waals surface area contributed by atoms with Crippen molar-refractivity contribution < 1.29 is 19.1 Å². The Bertz CT molecular complexity index is 642. The minimum Gasteiger partial charge on any atom is -0.461 e. The second kappa shape index (κ2) is 9.58. The summed E-state index contributed by atoms with van der Waals surface area (Å²) in [5, 5.41) is -0.724. The lowest BCUT2D eigenvalue weighted by molar-refractivity contribution is -0.147. The lowest BCUT2D eigenvalue weighted by atomic mass is 10.1. The molecule has 0 saturated heterocycles. The SMILES string of the molecule is C=C(C)C(=O)OC(c1ccccc1)C(Cl)C(OC(=O)C(=C)C)[Si](C)C. The zero-order valence-electron chi connectivity index (χ0n) is 15.0. The fraction of sp³-hybridized carbons (Fsp3) is 0.368. The van der Waals surface area contributed by atoms with Crippen LogP contribution >= 0.6 is 11.6 Å². The van der Waals surface area contributed by atoms with E-state index in [-0.39, 0.29) is 5.57 Å². The molecule has 1 rings (SSSR count). The molecule has 0 spiro atoms. The van der Waals surface area contributed by atoms with Gasteiger partial charge in [-0.3, -0.25) is 0 Å². The number of ether oxygens (including phenoxy) is 2. The van der Waals surface area contributed by atoms with Gasteiger partial charge in [0.25, 0.3) is 0 Å². The van der Waals surface area contributed by atoms with Crippen LogP contribution in [0.1, 0.15) is 25.5 Å². The van der Waals surface area contributed by atoms with E-state index >= 15 is 0 Å². The van der Waals surface area contributed by atoms with Crippen LogP contribution in [0.15, 0.2) is 54.6 Å². The average molecular weight is 380 g/mol. The maximum absolute atomic E-state index is 12.1. The van der Waals surface area contributed by atoms with E-state index < -0.39 is 37.9 Å². The summed E-state index contributed by atoms with van der Waals surface area (Å²) in [6.07, 6.45) is -0.755. The molecule has 0 amide bonds. The standard InChI is InChI=1S/C19H24ClO4Si/c1-12(2)17(21)23-16(14-10-8-7-9-11-14)15(20)19(25(5)6)24-18(22)13(3)4/h7-11,15-16,19H,1,3H2,2,4-6H3. The van der Waals surface area contributed by atoms with Crippen molar-refractivity contribution in [1.29, 1.82) is 0 Å². The summed E-state index contributed by atoms with van der Waals surface area (Å²) >= 11 is 6.65. The molecule has 3 unspecified atom stereocenters. The average Bonchev–Trinajstić information content (AvgIpc) is 2.56. The summed E-state index contributed by atoms with van der Waals surface area (Å²) in [6.45, 7) is 14.3. The fourth-order valence-electron chi connectivity index (χ4n) is 2.05. The molecule has 1 radical (unpaired) electrons. The molecule has 0 aliphatic heterocycles. The summed E-state index contributed by atoms with van der Waals surface area (Å²) < 4.78 is 11.1. The predicted molar refractivity (Wildman–Crippen MR) is 102 cm³/mol. The van der Waals surface area contributed by atoms with Crippen molar-refractivity contribution in [2.45, 2.75) is 44.1 Å². The van der Waals surface area contributed by atoms with Gasteiger partial charge < -0.3 is 9.47 Å². The first-order valence-corrected chi connectivity index (χ1v) is 10.9. The van der Waals surface area contributed by atoms with Gasteiger partial charge in [0.1, 0.15) is 17.2 Å². The molecule has 0 aliphatic rings. The molecule has 0 N–H and O–H groups in total. The first kappa shape index (κ1) is 21.2. The Kier molecular flexibility index (Phi) is 8.12. The Labute approximate surface area is 156 Å². The number of carbonyl (C=O) groups excluding carboxylic acids is 2. The number of alkyl halides is 1. The third kappa shape index (κ3) is 6.18. The highest BCUT2D eigenvalue weighted by Gasteiger charge is 2.37. The van der Waals surface area contributed by atoms with Gasteiger partial charge in [0.15, 0.2) is 0 Å². The molecule has 25 heavy (non-hydrogen) atoms. The van der Waals surface area contributed by atoms with Crippen LogP contribution < -0.4 is 0 Å². The van der Waals surface area contributed by atoms with Gasteiger partial charge in [-0.2, -0.15) is 0 Å². The minimum absolute atomic E-state index is 0.277. The maximum atomic E-state index is 12.1. The monoisotopic (exact) mass is 379 g/mol. The number of benzene rings is 1. The molecule has 6 heteroatoms. The van der Waals surface area contributed by atoms with Gasteiger partial charge in [-0.15, -0.1) is 11.6 Å². The fourth-order valence-corrected chi connectivity index (χ4v) is 4.21. The minimum atomic E-state index is -1.14. The lowest BCUT2D eigenvalue weighted by Gasteiger charge is -2.31. The molecule has 135 valence electrons. The van der Waals surface area contributed by atoms with Crippen molar-refractivity contribution in [3.8, 4) is 0 Å². The number of halogens is 1. The van der Waals surface area contributed by atoms with Crippen molar-refractivity contribution in [3.63, 3.8) is 0 Å². The summed E-state index contributed by atoms with van der Waals surface area (Å²) in [5.41, 5.74) is 0.752. The molecule has 0 heterocycles. The van der Waals surface area contributed by atoms with Crippen LogP contribution in [-0.4, -0.2) is 31.8 Å². The van der Waals surface area contributed by atoms with Crippen LogP contribution in [-0.2, 0) is 19.1 Å². The first-order chi connectivity index (χ1) is 11.6. The van der Waals surface area contributed by atoms with Crippen molar-refractivity contribution in [2.24, 2.45) is 0 Å². The number of esters is 2. The van der Waals surface area contributed by atoms with E-state index in [1.165, 1.54) is 0 Å². The Morgan fingerprint density at radius 3 is 1.92 bits per heavy atom. The van der Waals surface area contributed by atoms with Crippen LogP contribution in [0.2, 0.25) is 13.1 Å². The van der Waals surface area contributed by atoms with Gasteiger partial charge in [0.2, 0.25) is 0 Å². The quantitative estimate of drug-likeness (QED) is 0.293. The molecule has 0 fully saturated rings. The second-order valence-corrected chi connectivity index (χ2v) is 9.37. The van der Waals surface area contributed by atoms with Crippen LogP contribution in [0.25, 0.3) is 0 Å². The molecular formula is C19H24ClO4Si. The Hall–Kier alpha value is -1.85. The van der Waals surface area contributed by atoms with Crippen molar-refractivity contribution >= 4 is 32.3 Å². The third-order valence-corrected chi connectivity index (χ3v) is 5.72. The maximum Gasteiger partial charge on any atom is 0.333 e. The predicted octanol–water partition coefficient (Wildman–Crippen LogP) is 4.24. The van der Waals surface area contributed by atoms with Crippen molar-refractivity contribution in [3.05, 3.63) is 60.2 Å². The number of rotatable bonds is 8. The Balaban J connectivity index is 3.16. The highest BCUT2D eigenvalue weighted by Crippen LogP contribution is 2.31. The molecule has 1 aromatic rings.